The monoisotopic (exact) mass is 294 g/mol. The zero-order chi connectivity index (χ0) is 13.8. The molecule has 100 valence electrons. The second-order valence-electron chi connectivity index (χ2n) is 4.52. The number of ether oxygens (including phenoxy) is 1. The lowest BCUT2D eigenvalue weighted by Gasteiger charge is -2.13. The van der Waals surface area contributed by atoms with Gasteiger partial charge in [0, 0.05) is 5.02 Å². The van der Waals surface area contributed by atoms with Crippen LogP contribution in [0.1, 0.15) is 22.1 Å². The highest BCUT2D eigenvalue weighted by molar-refractivity contribution is 6.30. The van der Waals surface area contributed by atoms with Crippen molar-refractivity contribution in [3.8, 4) is 5.75 Å². The zero-order valence-corrected chi connectivity index (χ0v) is 12.5. The second kappa shape index (κ2) is 6.31. The van der Waals surface area contributed by atoms with Crippen molar-refractivity contribution in [3.05, 3.63) is 64.2 Å². The summed E-state index contributed by atoms with van der Waals surface area (Å²) in [5.74, 6) is 0.856. The van der Waals surface area contributed by atoms with Crippen LogP contribution in [-0.4, -0.2) is 7.11 Å². The average Bonchev–Trinajstić information content (AvgIpc) is 2.38. The Morgan fingerprint density at radius 3 is 2.63 bits per heavy atom. The summed E-state index contributed by atoms with van der Waals surface area (Å²) < 4.78 is 5.22. The minimum absolute atomic E-state index is 0.0654. The Kier molecular flexibility index (Phi) is 4.73. The van der Waals surface area contributed by atoms with Crippen molar-refractivity contribution in [2.24, 2.45) is 0 Å². The SMILES string of the molecule is COc1cccc(CC(Cl)c2ccc(Cl)cc2C)c1. The van der Waals surface area contributed by atoms with Crippen molar-refractivity contribution in [1.29, 1.82) is 0 Å². The van der Waals surface area contributed by atoms with Gasteiger partial charge in [0.25, 0.3) is 0 Å². The van der Waals surface area contributed by atoms with Crippen LogP contribution in [0.25, 0.3) is 0 Å². The maximum absolute atomic E-state index is 6.51. The number of rotatable bonds is 4. The molecule has 1 unspecified atom stereocenters. The quantitative estimate of drug-likeness (QED) is 0.706. The summed E-state index contributed by atoms with van der Waals surface area (Å²) in [7, 11) is 1.67. The van der Waals surface area contributed by atoms with Gasteiger partial charge in [0.2, 0.25) is 0 Å². The van der Waals surface area contributed by atoms with E-state index in [9.17, 15) is 0 Å². The van der Waals surface area contributed by atoms with Gasteiger partial charge in [-0.05, 0) is 54.3 Å². The first kappa shape index (κ1) is 14.2. The molecule has 0 saturated heterocycles. The largest absolute Gasteiger partial charge is 0.497 e. The highest BCUT2D eigenvalue weighted by atomic mass is 35.5. The molecule has 0 saturated carbocycles. The van der Waals surface area contributed by atoms with Crippen LogP contribution in [-0.2, 0) is 6.42 Å². The highest BCUT2D eigenvalue weighted by Gasteiger charge is 2.12. The normalized spacial score (nSPS) is 12.2. The average molecular weight is 295 g/mol. The van der Waals surface area contributed by atoms with Crippen LogP contribution < -0.4 is 4.74 Å². The fourth-order valence-electron chi connectivity index (χ4n) is 2.11. The predicted octanol–water partition coefficient (Wildman–Crippen LogP) is 5.18. The third-order valence-corrected chi connectivity index (χ3v) is 3.74. The van der Waals surface area contributed by atoms with Crippen LogP contribution in [0.4, 0.5) is 0 Å². The predicted molar refractivity (Wildman–Crippen MR) is 81.5 cm³/mol. The number of hydrogen-bond acceptors (Lipinski definition) is 1. The maximum Gasteiger partial charge on any atom is 0.119 e. The van der Waals surface area contributed by atoms with Crippen LogP contribution in [0, 0.1) is 6.92 Å². The number of methoxy groups -OCH3 is 1. The molecule has 0 spiro atoms. The first-order valence-electron chi connectivity index (χ1n) is 6.13. The van der Waals surface area contributed by atoms with E-state index in [1.807, 2.05) is 43.3 Å². The molecule has 0 aromatic heterocycles. The zero-order valence-electron chi connectivity index (χ0n) is 11.0. The molecule has 19 heavy (non-hydrogen) atoms. The van der Waals surface area contributed by atoms with Gasteiger partial charge in [0.15, 0.2) is 0 Å². The molecule has 0 aliphatic rings. The fraction of sp³-hybridized carbons (Fsp3) is 0.250. The lowest BCUT2D eigenvalue weighted by atomic mass is 10.00. The fourth-order valence-corrected chi connectivity index (χ4v) is 2.76. The summed E-state index contributed by atoms with van der Waals surface area (Å²) in [6, 6.07) is 13.8. The van der Waals surface area contributed by atoms with Crippen molar-refractivity contribution in [1.82, 2.24) is 0 Å². The molecule has 2 rings (SSSR count). The summed E-state index contributed by atoms with van der Waals surface area (Å²) in [5, 5.41) is 0.677. The molecule has 3 heteroatoms. The Labute approximate surface area is 124 Å². The van der Waals surface area contributed by atoms with Gasteiger partial charge in [-0.3, -0.25) is 0 Å². The minimum atomic E-state index is -0.0654. The van der Waals surface area contributed by atoms with Gasteiger partial charge in [0.1, 0.15) is 5.75 Å². The number of alkyl halides is 1. The summed E-state index contributed by atoms with van der Waals surface area (Å²) >= 11 is 12.5. The van der Waals surface area contributed by atoms with Gasteiger partial charge in [-0.25, -0.2) is 0 Å². The van der Waals surface area contributed by atoms with E-state index >= 15 is 0 Å². The summed E-state index contributed by atoms with van der Waals surface area (Å²) in [4.78, 5) is 0. The van der Waals surface area contributed by atoms with E-state index < -0.39 is 0 Å². The highest BCUT2D eigenvalue weighted by Crippen LogP contribution is 2.30. The van der Waals surface area contributed by atoms with E-state index in [-0.39, 0.29) is 5.38 Å². The molecule has 0 fully saturated rings. The molecular formula is C16H16Cl2O. The molecule has 0 aliphatic heterocycles. The van der Waals surface area contributed by atoms with Crippen LogP contribution in [0.3, 0.4) is 0 Å². The van der Waals surface area contributed by atoms with Crippen molar-refractivity contribution in [2.75, 3.05) is 7.11 Å². The van der Waals surface area contributed by atoms with Crippen LogP contribution >= 0.6 is 23.2 Å². The molecular weight excluding hydrogens is 279 g/mol. The van der Waals surface area contributed by atoms with E-state index in [1.54, 1.807) is 7.11 Å². The third kappa shape index (κ3) is 3.65. The summed E-state index contributed by atoms with van der Waals surface area (Å²) in [6.45, 7) is 2.03. The maximum atomic E-state index is 6.51. The van der Waals surface area contributed by atoms with Gasteiger partial charge in [-0.1, -0.05) is 29.8 Å². The molecule has 1 nitrogen and oxygen atoms in total. The van der Waals surface area contributed by atoms with Crippen molar-refractivity contribution >= 4 is 23.2 Å². The topological polar surface area (TPSA) is 9.23 Å². The molecule has 0 amide bonds. The minimum Gasteiger partial charge on any atom is -0.497 e. The van der Waals surface area contributed by atoms with E-state index in [0.29, 0.717) is 0 Å². The van der Waals surface area contributed by atoms with Gasteiger partial charge < -0.3 is 4.74 Å². The van der Waals surface area contributed by atoms with Gasteiger partial charge >= 0.3 is 0 Å². The van der Waals surface area contributed by atoms with Crippen molar-refractivity contribution < 1.29 is 4.74 Å². The molecule has 0 radical (unpaired) electrons. The lowest BCUT2D eigenvalue weighted by Crippen LogP contribution is -1.99. The molecule has 0 aliphatic carbocycles. The van der Waals surface area contributed by atoms with E-state index in [1.165, 1.54) is 0 Å². The van der Waals surface area contributed by atoms with Gasteiger partial charge in [-0.2, -0.15) is 0 Å². The molecule has 0 bridgehead atoms. The smallest absolute Gasteiger partial charge is 0.119 e. The summed E-state index contributed by atoms with van der Waals surface area (Å²) in [6.07, 6.45) is 0.765. The Morgan fingerprint density at radius 1 is 1.16 bits per heavy atom. The van der Waals surface area contributed by atoms with E-state index in [0.717, 1.165) is 33.9 Å². The number of aryl methyl sites for hydroxylation is 1. The van der Waals surface area contributed by atoms with Crippen molar-refractivity contribution in [2.45, 2.75) is 18.7 Å². The summed E-state index contributed by atoms with van der Waals surface area (Å²) in [5.41, 5.74) is 3.40. The van der Waals surface area contributed by atoms with Crippen LogP contribution in [0.15, 0.2) is 42.5 Å². The Morgan fingerprint density at radius 2 is 1.95 bits per heavy atom. The Balaban J connectivity index is 2.17. The molecule has 0 N–H and O–H groups in total. The van der Waals surface area contributed by atoms with Crippen LogP contribution in [0.5, 0.6) is 5.75 Å². The van der Waals surface area contributed by atoms with E-state index in [2.05, 4.69) is 6.07 Å². The molecule has 0 heterocycles. The van der Waals surface area contributed by atoms with Gasteiger partial charge in [0.05, 0.1) is 12.5 Å². The van der Waals surface area contributed by atoms with Crippen molar-refractivity contribution in [3.63, 3.8) is 0 Å². The first-order chi connectivity index (χ1) is 9.10. The first-order valence-corrected chi connectivity index (χ1v) is 6.94. The van der Waals surface area contributed by atoms with Crippen LogP contribution in [0.2, 0.25) is 5.02 Å². The number of halogens is 2. The number of hydrogen-bond donors (Lipinski definition) is 0. The number of benzene rings is 2. The molecule has 2 aromatic rings. The van der Waals surface area contributed by atoms with E-state index in [4.69, 9.17) is 27.9 Å². The third-order valence-electron chi connectivity index (χ3n) is 3.12. The molecule has 1 atom stereocenters. The van der Waals surface area contributed by atoms with Gasteiger partial charge in [-0.15, -0.1) is 11.6 Å². The Hall–Kier alpha value is -1.18. The lowest BCUT2D eigenvalue weighted by molar-refractivity contribution is 0.414. The Bertz CT molecular complexity index is 566. The molecule has 2 aromatic carbocycles. The standard InChI is InChI=1S/C16H16Cl2O/c1-11-8-13(17)6-7-15(11)16(18)10-12-4-3-5-14(9-12)19-2/h3-9,16H,10H2,1-2H3. The second-order valence-corrected chi connectivity index (χ2v) is 5.49.